The SMILES string of the molecule is Cc1cc(C(F)(F)F)n2ncc(C(=O)N(C)[C@H]3CCN(C)C3)c2n1. The molecule has 1 atom stereocenters. The van der Waals surface area contributed by atoms with Crippen LogP contribution in [0.5, 0.6) is 0 Å². The van der Waals surface area contributed by atoms with Crippen LogP contribution >= 0.6 is 0 Å². The summed E-state index contributed by atoms with van der Waals surface area (Å²) in [5, 5.41) is 3.75. The van der Waals surface area contributed by atoms with E-state index in [0.29, 0.717) is 4.52 Å². The van der Waals surface area contributed by atoms with Crippen molar-refractivity contribution in [2.75, 3.05) is 27.2 Å². The molecule has 0 unspecified atom stereocenters. The topological polar surface area (TPSA) is 53.7 Å². The van der Waals surface area contributed by atoms with E-state index in [9.17, 15) is 18.0 Å². The molecule has 1 saturated heterocycles. The molecule has 0 aromatic carbocycles. The second-order valence-electron chi connectivity index (χ2n) is 6.19. The molecule has 0 radical (unpaired) electrons. The fraction of sp³-hybridized carbons (Fsp3) is 0.533. The van der Waals surface area contributed by atoms with E-state index >= 15 is 0 Å². The van der Waals surface area contributed by atoms with Gasteiger partial charge in [-0.3, -0.25) is 4.79 Å². The molecule has 0 spiro atoms. The number of nitrogens with zero attached hydrogens (tertiary/aromatic N) is 5. The summed E-state index contributed by atoms with van der Waals surface area (Å²) in [6, 6.07) is 0.952. The van der Waals surface area contributed by atoms with Gasteiger partial charge in [0.25, 0.3) is 5.91 Å². The van der Waals surface area contributed by atoms with Crippen molar-refractivity contribution in [1.82, 2.24) is 24.4 Å². The van der Waals surface area contributed by atoms with Gasteiger partial charge < -0.3 is 9.80 Å². The molecular weight excluding hydrogens is 323 g/mol. The molecule has 130 valence electrons. The molecule has 1 fully saturated rings. The molecule has 0 aliphatic carbocycles. The molecule has 0 bridgehead atoms. The molecule has 3 rings (SSSR count). The first-order valence-corrected chi connectivity index (χ1v) is 7.56. The smallest absolute Gasteiger partial charge is 0.337 e. The van der Waals surface area contributed by atoms with Crippen molar-refractivity contribution in [3.8, 4) is 0 Å². The zero-order chi connectivity index (χ0) is 17.6. The van der Waals surface area contributed by atoms with Gasteiger partial charge in [0.05, 0.1) is 6.20 Å². The maximum Gasteiger partial charge on any atom is 0.433 e. The molecular formula is C15H18F3N5O. The van der Waals surface area contributed by atoms with Crippen molar-refractivity contribution < 1.29 is 18.0 Å². The van der Waals surface area contributed by atoms with Crippen molar-refractivity contribution in [3.05, 3.63) is 29.2 Å². The summed E-state index contributed by atoms with van der Waals surface area (Å²) >= 11 is 0. The third-order valence-corrected chi connectivity index (χ3v) is 4.36. The minimum atomic E-state index is -4.57. The average Bonchev–Trinajstić information content (AvgIpc) is 3.10. The van der Waals surface area contributed by atoms with Gasteiger partial charge in [-0.15, -0.1) is 0 Å². The summed E-state index contributed by atoms with van der Waals surface area (Å²) in [4.78, 5) is 20.5. The molecule has 1 aliphatic rings. The van der Waals surface area contributed by atoms with Crippen LogP contribution in [-0.2, 0) is 6.18 Å². The highest BCUT2D eigenvalue weighted by atomic mass is 19.4. The van der Waals surface area contributed by atoms with Gasteiger partial charge >= 0.3 is 6.18 Å². The molecule has 6 nitrogen and oxygen atoms in total. The highest BCUT2D eigenvalue weighted by molar-refractivity contribution is 5.99. The number of carbonyl (C=O) groups excluding carboxylic acids is 1. The molecule has 1 amide bonds. The van der Waals surface area contributed by atoms with Crippen molar-refractivity contribution in [1.29, 1.82) is 0 Å². The summed E-state index contributed by atoms with van der Waals surface area (Å²) in [5.41, 5.74) is -0.730. The van der Waals surface area contributed by atoms with Gasteiger partial charge in [0.1, 0.15) is 11.3 Å². The Morgan fingerprint density at radius 3 is 2.71 bits per heavy atom. The third-order valence-electron chi connectivity index (χ3n) is 4.36. The molecule has 24 heavy (non-hydrogen) atoms. The van der Waals surface area contributed by atoms with Gasteiger partial charge in [0.2, 0.25) is 0 Å². The number of likely N-dealkylation sites (tertiary alicyclic amines) is 1. The molecule has 0 N–H and O–H groups in total. The number of fused-ring (bicyclic) bond motifs is 1. The predicted octanol–water partition coefficient (Wildman–Crippen LogP) is 1.83. The Bertz CT molecular complexity index is 785. The molecule has 0 saturated carbocycles. The van der Waals surface area contributed by atoms with Crippen LogP contribution in [0.2, 0.25) is 0 Å². The number of alkyl halides is 3. The minimum absolute atomic E-state index is 0.0318. The van der Waals surface area contributed by atoms with Gasteiger partial charge in [0.15, 0.2) is 5.65 Å². The molecule has 3 heterocycles. The average molecular weight is 341 g/mol. The van der Waals surface area contributed by atoms with Crippen molar-refractivity contribution >= 4 is 11.6 Å². The number of carbonyl (C=O) groups is 1. The largest absolute Gasteiger partial charge is 0.433 e. The summed E-state index contributed by atoms with van der Waals surface area (Å²) in [5.74, 6) is -0.364. The summed E-state index contributed by atoms with van der Waals surface area (Å²) in [6.45, 7) is 3.08. The predicted molar refractivity (Wildman–Crippen MR) is 80.7 cm³/mol. The highest BCUT2D eigenvalue weighted by Gasteiger charge is 2.36. The molecule has 9 heteroatoms. The van der Waals surface area contributed by atoms with E-state index in [1.54, 1.807) is 11.9 Å². The van der Waals surface area contributed by atoms with Gasteiger partial charge in [0, 0.05) is 25.3 Å². The van der Waals surface area contributed by atoms with E-state index in [1.807, 2.05) is 7.05 Å². The van der Waals surface area contributed by atoms with Crippen LogP contribution in [0.4, 0.5) is 13.2 Å². The number of aryl methyl sites for hydroxylation is 1. The van der Waals surface area contributed by atoms with E-state index in [2.05, 4.69) is 15.0 Å². The lowest BCUT2D eigenvalue weighted by atomic mass is 10.2. The summed E-state index contributed by atoms with van der Waals surface area (Å²) in [7, 11) is 3.63. The number of amides is 1. The van der Waals surface area contributed by atoms with Crippen molar-refractivity contribution in [2.24, 2.45) is 0 Å². The second kappa shape index (κ2) is 5.73. The molecule has 1 aliphatic heterocycles. The number of likely N-dealkylation sites (N-methyl/N-ethyl adjacent to an activating group) is 2. The van der Waals surface area contributed by atoms with Gasteiger partial charge in [-0.2, -0.15) is 18.3 Å². The van der Waals surface area contributed by atoms with Crippen molar-refractivity contribution in [3.63, 3.8) is 0 Å². The Labute approximate surface area is 136 Å². The summed E-state index contributed by atoms with van der Waals surface area (Å²) < 4.78 is 40.2. The number of aromatic nitrogens is 3. The van der Waals surface area contributed by atoms with E-state index in [-0.39, 0.29) is 28.9 Å². The molecule has 2 aromatic rings. The Kier molecular flexibility index (Phi) is 3.98. The van der Waals surface area contributed by atoms with Crippen LogP contribution in [0.1, 0.15) is 28.2 Å². The Morgan fingerprint density at radius 2 is 2.12 bits per heavy atom. The fourth-order valence-corrected chi connectivity index (χ4v) is 3.02. The van der Waals surface area contributed by atoms with Crippen LogP contribution in [0.25, 0.3) is 5.65 Å². The lowest BCUT2D eigenvalue weighted by molar-refractivity contribution is -0.142. The number of rotatable bonds is 2. The maximum absolute atomic E-state index is 13.2. The Hall–Kier alpha value is -2.16. The van der Waals surface area contributed by atoms with Crippen LogP contribution in [0.3, 0.4) is 0 Å². The second-order valence-corrected chi connectivity index (χ2v) is 6.19. The Balaban J connectivity index is 2.01. The number of halogens is 3. The first-order chi connectivity index (χ1) is 11.2. The van der Waals surface area contributed by atoms with E-state index in [1.165, 1.54) is 6.92 Å². The van der Waals surface area contributed by atoms with Crippen LogP contribution in [0.15, 0.2) is 12.3 Å². The number of hydrogen-bond donors (Lipinski definition) is 0. The van der Waals surface area contributed by atoms with E-state index in [0.717, 1.165) is 31.8 Å². The lowest BCUT2D eigenvalue weighted by Gasteiger charge is -2.24. The van der Waals surface area contributed by atoms with Crippen LogP contribution in [0, 0.1) is 6.92 Å². The van der Waals surface area contributed by atoms with Crippen LogP contribution < -0.4 is 0 Å². The minimum Gasteiger partial charge on any atom is -0.337 e. The maximum atomic E-state index is 13.2. The first kappa shape index (κ1) is 16.7. The zero-order valence-corrected chi connectivity index (χ0v) is 13.6. The van der Waals surface area contributed by atoms with Crippen LogP contribution in [-0.4, -0.2) is 63.5 Å². The van der Waals surface area contributed by atoms with Crippen molar-refractivity contribution in [2.45, 2.75) is 25.6 Å². The highest BCUT2D eigenvalue weighted by Crippen LogP contribution is 2.30. The monoisotopic (exact) mass is 341 g/mol. The first-order valence-electron chi connectivity index (χ1n) is 7.56. The third kappa shape index (κ3) is 2.83. The van der Waals surface area contributed by atoms with Gasteiger partial charge in [-0.1, -0.05) is 0 Å². The summed E-state index contributed by atoms with van der Waals surface area (Å²) in [6.07, 6.45) is -2.58. The zero-order valence-electron chi connectivity index (χ0n) is 13.6. The Morgan fingerprint density at radius 1 is 1.42 bits per heavy atom. The lowest BCUT2D eigenvalue weighted by Crippen LogP contribution is -2.38. The normalized spacial score (nSPS) is 19.2. The van der Waals surface area contributed by atoms with E-state index < -0.39 is 11.9 Å². The molecule has 2 aromatic heterocycles. The van der Waals surface area contributed by atoms with E-state index in [4.69, 9.17) is 0 Å². The van der Waals surface area contributed by atoms with Gasteiger partial charge in [-0.25, -0.2) is 9.50 Å². The fourth-order valence-electron chi connectivity index (χ4n) is 3.02. The standard InChI is InChI=1S/C15H18F3N5O/c1-9-6-12(15(16,17)18)23-13(20-9)11(7-19-23)14(24)22(3)10-4-5-21(2)8-10/h6-7,10H,4-5,8H2,1-3H3/t10-/m0/s1. The van der Waals surface area contributed by atoms with Gasteiger partial charge in [-0.05, 0) is 33.0 Å². The number of hydrogen-bond acceptors (Lipinski definition) is 4. The quantitative estimate of drug-likeness (QED) is 0.836.